The molecule has 0 amide bonds. The summed E-state index contributed by atoms with van der Waals surface area (Å²) in [6.45, 7) is 2.00. The van der Waals surface area contributed by atoms with E-state index in [0.29, 0.717) is 4.90 Å². The second kappa shape index (κ2) is 7.79. The first-order valence-electron chi connectivity index (χ1n) is 8.99. The highest BCUT2D eigenvalue weighted by Crippen LogP contribution is 2.28. The summed E-state index contributed by atoms with van der Waals surface area (Å²) in [5.41, 5.74) is 2.82. The molecular weight excluding hydrogens is 366 g/mol. The minimum Gasteiger partial charge on any atom is -0.282 e. The zero-order chi connectivity index (χ0) is 19.5. The van der Waals surface area contributed by atoms with E-state index in [0.717, 1.165) is 26.9 Å². The normalized spacial score (nSPS) is 12.5. The fraction of sp³-hybridized carbons (Fsp3) is 0.0417. The summed E-state index contributed by atoms with van der Waals surface area (Å²) in [7, 11) is -1.36. The van der Waals surface area contributed by atoms with Crippen LogP contribution < -0.4 is 0 Å². The number of carbonyl (C=O) groups excluding carboxylic acids is 1. The van der Waals surface area contributed by atoms with Crippen LogP contribution in [0.15, 0.2) is 101 Å². The maximum Gasteiger partial charge on any atom is 0.255 e. The monoisotopic (exact) mass is 385 g/mol. The van der Waals surface area contributed by atoms with Crippen molar-refractivity contribution in [3.8, 4) is 0 Å². The van der Waals surface area contributed by atoms with Gasteiger partial charge in [-0.25, -0.2) is 4.21 Å². The van der Waals surface area contributed by atoms with Crippen LogP contribution in [0.4, 0.5) is 0 Å². The van der Waals surface area contributed by atoms with Crippen LogP contribution in [-0.2, 0) is 10.8 Å². The first kappa shape index (κ1) is 18.1. The first-order chi connectivity index (χ1) is 13.6. The minimum atomic E-state index is -1.36. The lowest BCUT2D eigenvalue weighted by Gasteiger charge is -2.01. The molecular formula is C24H19NO2S. The Morgan fingerprint density at radius 3 is 2.32 bits per heavy atom. The molecule has 4 rings (SSSR count). The molecule has 0 spiro atoms. The summed E-state index contributed by atoms with van der Waals surface area (Å²) in [5.74, 6) is -0.174. The Morgan fingerprint density at radius 1 is 0.893 bits per heavy atom. The molecule has 3 aromatic carbocycles. The van der Waals surface area contributed by atoms with Gasteiger partial charge in [0.25, 0.3) is 5.91 Å². The number of rotatable bonds is 4. The van der Waals surface area contributed by atoms with Crippen LogP contribution in [0.25, 0.3) is 17.0 Å². The molecule has 0 saturated carbocycles. The van der Waals surface area contributed by atoms with Crippen molar-refractivity contribution < 1.29 is 9.00 Å². The van der Waals surface area contributed by atoms with Crippen LogP contribution >= 0.6 is 0 Å². The number of para-hydroxylation sites is 1. The molecule has 1 heterocycles. The lowest BCUT2D eigenvalue weighted by molar-refractivity contribution is 0.0974. The third-order valence-electron chi connectivity index (χ3n) is 4.57. The average Bonchev–Trinajstić information content (AvgIpc) is 3.13. The fourth-order valence-corrected chi connectivity index (χ4v) is 4.29. The summed E-state index contributed by atoms with van der Waals surface area (Å²) in [5, 5.41) is 0.822. The zero-order valence-electron chi connectivity index (χ0n) is 15.4. The fourth-order valence-electron chi connectivity index (χ4n) is 3.08. The molecule has 0 N–H and O–H groups in total. The van der Waals surface area contributed by atoms with E-state index in [1.54, 1.807) is 22.9 Å². The smallest absolute Gasteiger partial charge is 0.255 e. The Hall–Kier alpha value is -3.24. The molecule has 3 nitrogen and oxygen atoms in total. The van der Waals surface area contributed by atoms with Crippen molar-refractivity contribution in [2.45, 2.75) is 16.7 Å². The highest BCUT2D eigenvalue weighted by molar-refractivity contribution is 7.85. The van der Waals surface area contributed by atoms with Gasteiger partial charge in [-0.2, -0.15) is 0 Å². The summed E-state index contributed by atoms with van der Waals surface area (Å²) >= 11 is 0. The molecule has 0 aliphatic carbocycles. The average molecular weight is 385 g/mol. The zero-order valence-corrected chi connectivity index (χ0v) is 16.2. The van der Waals surface area contributed by atoms with Gasteiger partial charge in [0.1, 0.15) is 0 Å². The third-order valence-corrected chi connectivity index (χ3v) is 5.99. The van der Waals surface area contributed by atoms with Gasteiger partial charge >= 0.3 is 0 Å². The van der Waals surface area contributed by atoms with Crippen LogP contribution in [0.1, 0.15) is 15.9 Å². The molecule has 0 saturated heterocycles. The predicted octanol–water partition coefficient (Wildman–Crippen LogP) is 5.47. The van der Waals surface area contributed by atoms with Crippen molar-refractivity contribution >= 4 is 33.7 Å². The second-order valence-corrected chi connectivity index (χ2v) is 7.99. The van der Waals surface area contributed by atoms with Gasteiger partial charge in [0.2, 0.25) is 0 Å². The van der Waals surface area contributed by atoms with Gasteiger partial charge in [-0.3, -0.25) is 9.36 Å². The van der Waals surface area contributed by atoms with E-state index in [4.69, 9.17) is 0 Å². The Labute approximate surface area is 166 Å². The SMILES string of the molecule is Cc1ccc([S@](=O)c2cn(C(=O)/C=C/c3ccccc3)c3ccccc23)cc1. The van der Waals surface area contributed by atoms with E-state index in [2.05, 4.69) is 0 Å². The van der Waals surface area contributed by atoms with E-state index in [1.165, 1.54) is 0 Å². The summed E-state index contributed by atoms with van der Waals surface area (Å²) in [6.07, 6.45) is 5.02. The number of hydrogen-bond acceptors (Lipinski definition) is 2. The molecule has 0 unspecified atom stereocenters. The molecule has 0 aliphatic heterocycles. The number of aryl methyl sites for hydroxylation is 1. The predicted molar refractivity (Wildman–Crippen MR) is 114 cm³/mol. The maximum atomic E-state index is 13.2. The summed E-state index contributed by atoms with van der Waals surface area (Å²) < 4.78 is 14.7. The number of nitrogens with zero attached hydrogens (tertiary/aromatic N) is 1. The Balaban J connectivity index is 1.74. The number of benzene rings is 3. The summed E-state index contributed by atoms with van der Waals surface area (Å²) in [4.78, 5) is 14.2. The van der Waals surface area contributed by atoms with Gasteiger partial charge in [-0.1, -0.05) is 66.2 Å². The van der Waals surface area contributed by atoms with Crippen molar-refractivity contribution in [2.75, 3.05) is 0 Å². The largest absolute Gasteiger partial charge is 0.282 e. The maximum absolute atomic E-state index is 13.2. The molecule has 4 heteroatoms. The number of allylic oxidation sites excluding steroid dienone is 1. The quantitative estimate of drug-likeness (QED) is 0.437. The van der Waals surface area contributed by atoms with E-state index in [1.807, 2.05) is 85.8 Å². The van der Waals surface area contributed by atoms with Gasteiger partial charge in [0.05, 0.1) is 21.2 Å². The highest BCUT2D eigenvalue weighted by Gasteiger charge is 2.17. The van der Waals surface area contributed by atoms with Crippen molar-refractivity contribution in [1.29, 1.82) is 0 Å². The second-order valence-electron chi connectivity index (χ2n) is 6.54. The lowest BCUT2D eigenvalue weighted by Crippen LogP contribution is -2.05. The Bertz CT molecular complexity index is 1190. The molecule has 0 bridgehead atoms. The van der Waals surface area contributed by atoms with Crippen LogP contribution in [-0.4, -0.2) is 14.7 Å². The van der Waals surface area contributed by atoms with Gasteiger partial charge < -0.3 is 0 Å². The van der Waals surface area contributed by atoms with E-state index in [-0.39, 0.29) is 5.91 Å². The molecule has 28 heavy (non-hydrogen) atoms. The molecule has 0 aliphatic rings. The van der Waals surface area contributed by atoms with Crippen molar-refractivity contribution in [3.63, 3.8) is 0 Å². The standard InChI is InChI=1S/C24H19NO2S/c1-18-11-14-20(15-12-18)28(27)23-17-25(22-10-6-5-9-21(22)23)24(26)16-13-19-7-3-2-4-8-19/h2-17H,1H3/b16-13+/t28-/m0/s1. The van der Waals surface area contributed by atoms with E-state index in [9.17, 15) is 9.00 Å². The topological polar surface area (TPSA) is 39.1 Å². The number of aromatic nitrogens is 1. The van der Waals surface area contributed by atoms with Crippen molar-refractivity contribution in [3.05, 3.63) is 102 Å². The lowest BCUT2D eigenvalue weighted by atomic mass is 10.2. The molecule has 0 radical (unpaired) electrons. The highest BCUT2D eigenvalue weighted by atomic mass is 32.2. The van der Waals surface area contributed by atoms with Crippen molar-refractivity contribution in [2.24, 2.45) is 0 Å². The Morgan fingerprint density at radius 2 is 1.57 bits per heavy atom. The Kier molecular flexibility index (Phi) is 5.04. The molecule has 138 valence electrons. The molecule has 1 aromatic heterocycles. The van der Waals surface area contributed by atoms with Crippen LogP contribution in [0, 0.1) is 6.92 Å². The molecule has 0 fully saturated rings. The minimum absolute atomic E-state index is 0.174. The van der Waals surface area contributed by atoms with Crippen LogP contribution in [0.2, 0.25) is 0 Å². The molecule has 1 atom stereocenters. The van der Waals surface area contributed by atoms with Gasteiger partial charge in [0, 0.05) is 22.6 Å². The van der Waals surface area contributed by atoms with Gasteiger partial charge in [-0.15, -0.1) is 0 Å². The van der Waals surface area contributed by atoms with Gasteiger partial charge in [0.15, 0.2) is 0 Å². The summed E-state index contributed by atoms with van der Waals surface area (Å²) in [6, 6.07) is 24.9. The number of hydrogen-bond donors (Lipinski definition) is 0. The van der Waals surface area contributed by atoms with E-state index < -0.39 is 10.8 Å². The van der Waals surface area contributed by atoms with E-state index >= 15 is 0 Å². The van der Waals surface area contributed by atoms with Crippen LogP contribution in [0.5, 0.6) is 0 Å². The number of carbonyl (C=O) groups is 1. The first-order valence-corrected chi connectivity index (χ1v) is 10.1. The van der Waals surface area contributed by atoms with Crippen molar-refractivity contribution in [1.82, 2.24) is 4.57 Å². The van der Waals surface area contributed by atoms with Crippen LogP contribution in [0.3, 0.4) is 0 Å². The third kappa shape index (κ3) is 3.59. The van der Waals surface area contributed by atoms with Gasteiger partial charge in [-0.05, 0) is 36.8 Å². The number of fused-ring (bicyclic) bond motifs is 1. The molecule has 4 aromatic rings.